The first-order chi connectivity index (χ1) is 14.1. The summed E-state index contributed by atoms with van der Waals surface area (Å²) in [5, 5.41) is 8.92. The van der Waals surface area contributed by atoms with Gasteiger partial charge in [-0.3, -0.25) is 0 Å². The van der Waals surface area contributed by atoms with Gasteiger partial charge < -0.3 is 5.11 Å². The zero-order valence-corrected chi connectivity index (χ0v) is 16.4. The Hall–Kier alpha value is -2.97. The van der Waals surface area contributed by atoms with Crippen LogP contribution in [0.1, 0.15) is 65.6 Å². The van der Waals surface area contributed by atoms with Crippen molar-refractivity contribution in [2.75, 3.05) is 0 Å². The molecule has 4 bridgehead atoms. The number of carboxylic acids is 1. The predicted molar refractivity (Wildman–Crippen MR) is 113 cm³/mol. The van der Waals surface area contributed by atoms with E-state index < -0.39 is 5.97 Å². The molecule has 0 atom stereocenters. The van der Waals surface area contributed by atoms with Gasteiger partial charge in [0.25, 0.3) is 0 Å². The molecule has 6 rings (SSSR count). The first-order valence-corrected chi connectivity index (χ1v) is 10.6. The maximum atomic E-state index is 10.9. The van der Waals surface area contributed by atoms with Crippen molar-refractivity contribution in [1.29, 1.82) is 0 Å². The van der Waals surface area contributed by atoms with Gasteiger partial charge in [0.2, 0.25) is 0 Å². The number of rotatable bonds is 2. The third-order valence-corrected chi connectivity index (χ3v) is 7.14. The molecule has 144 valence electrons. The van der Waals surface area contributed by atoms with Crippen LogP contribution in [0, 0.1) is 41.4 Å². The summed E-state index contributed by atoms with van der Waals surface area (Å²) in [6, 6.07) is 15.4. The molecule has 0 aromatic heterocycles. The zero-order chi connectivity index (χ0) is 19.8. The van der Waals surface area contributed by atoms with Crippen LogP contribution < -0.4 is 0 Å². The van der Waals surface area contributed by atoms with E-state index >= 15 is 0 Å². The highest BCUT2D eigenvalue weighted by atomic mass is 16.4. The second-order valence-electron chi connectivity index (χ2n) is 9.16. The molecule has 0 heterocycles. The van der Waals surface area contributed by atoms with Gasteiger partial charge in [0.15, 0.2) is 0 Å². The van der Waals surface area contributed by atoms with Crippen LogP contribution in [0.3, 0.4) is 0 Å². The van der Waals surface area contributed by atoms with E-state index in [0.717, 1.165) is 28.9 Å². The van der Waals surface area contributed by atoms with Crippen LogP contribution in [0.15, 0.2) is 48.5 Å². The summed E-state index contributed by atoms with van der Waals surface area (Å²) in [5.74, 6) is 13.8. The van der Waals surface area contributed by atoms with Gasteiger partial charge in [-0.25, -0.2) is 4.79 Å². The van der Waals surface area contributed by atoms with Gasteiger partial charge in [-0.05, 0) is 115 Å². The average Bonchev–Trinajstić information content (AvgIpc) is 2.71. The summed E-state index contributed by atoms with van der Waals surface area (Å²) < 4.78 is 0. The Morgan fingerprint density at radius 3 is 1.66 bits per heavy atom. The molecule has 0 unspecified atom stereocenters. The number of hydrogen-bond acceptors (Lipinski definition) is 1. The van der Waals surface area contributed by atoms with Crippen molar-refractivity contribution < 1.29 is 9.90 Å². The van der Waals surface area contributed by atoms with E-state index in [1.165, 1.54) is 44.1 Å². The Morgan fingerprint density at radius 2 is 1.21 bits per heavy atom. The highest BCUT2D eigenvalue weighted by Gasteiger charge is 2.51. The van der Waals surface area contributed by atoms with Crippen molar-refractivity contribution >= 4 is 5.97 Å². The van der Waals surface area contributed by atoms with Crippen LogP contribution in [0.25, 0.3) is 0 Å². The molecule has 1 N–H and O–H groups in total. The van der Waals surface area contributed by atoms with Crippen molar-refractivity contribution in [3.8, 4) is 23.7 Å². The van der Waals surface area contributed by atoms with Gasteiger partial charge in [-0.2, -0.15) is 0 Å². The van der Waals surface area contributed by atoms with Crippen molar-refractivity contribution in [3.05, 3.63) is 70.8 Å². The highest BCUT2D eigenvalue weighted by Crippen LogP contribution is 2.60. The summed E-state index contributed by atoms with van der Waals surface area (Å²) in [6.07, 6.45) is 8.57. The largest absolute Gasteiger partial charge is 0.478 e. The first-order valence-electron chi connectivity index (χ1n) is 10.6. The fraction of sp³-hybridized carbons (Fsp3) is 0.370. The molecule has 0 aliphatic heterocycles. The number of carbonyl (C=O) groups is 1. The highest BCUT2D eigenvalue weighted by molar-refractivity contribution is 5.87. The lowest BCUT2D eigenvalue weighted by Gasteiger charge is -2.57. The van der Waals surface area contributed by atoms with Crippen LogP contribution in [-0.4, -0.2) is 11.1 Å². The maximum Gasteiger partial charge on any atom is 0.335 e. The fourth-order valence-corrected chi connectivity index (χ4v) is 6.27. The molecule has 4 aliphatic carbocycles. The third-order valence-electron chi connectivity index (χ3n) is 7.14. The third kappa shape index (κ3) is 3.56. The Morgan fingerprint density at radius 1 is 0.759 bits per heavy atom. The van der Waals surface area contributed by atoms with Crippen LogP contribution in [0.5, 0.6) is 0 Å². The summed E-state index contributed by atoms with van der Waals surface area (Å²) >= 11 is 0. The molecular formula is C27H24O2. The van der Waals surface area contributed by atoms with E-state index in [2.05, 4.69) is 47.9 Å². The molecule has 4 fully saturated rings. The smallest absolute Gasteiger partial charge is 0.335 e. The van der Waals surface area contributed by atoms with E-state index in [4.69, 9.17) is 5.11 Å². The van der Waals surface area contributed by atoms with Gasteiger partial charge >= 0.3 is 5.97 Å². The van der Waals surface area contributed by atoms with Crippen molar-refractivity contribution in [1.82, 2.24) is 0 Å². The molecule has 2 heteroatoms. The summed E-state index contributed by atoms with van der Waals surface area (Å²) in [7, 11) is 0. The Labute approximate surface area is 172 Å². The quantitative estimate of drug-likeness (QED) is 0.722. The number of hydrogen-bond donors (Lipinski definition) is 1. The second-order valence-corrected chi connectivity index (χ2v) is 9.16. The minimum atomic E-state index is -0.929. The summed E-state index contributed by atoms with van der Waals surface area (Å²) in [6.45, 7) is 0. The van der Waals surface area contributed by atoms with Crippen LogP contribution >= 0.6 is 0 Å². The van der Waals surface area contributed by atoms with Gasteiger partial charge in [0.1, 0.15) is 0 Å². The lowest BCUT2D eigenvalue weighted by atomic mass is 9.48. The lowest BCUT2D eigenvalue weighted by Crippen LogP contribution is -2.48. The van der Waals surface area contributed by atoms with E-state index in [0.29, 0.717) is 5.41 Å². The van der Waals surface area contributed by atoms with Crippen molar-refractivity contribution in [2.45, 2.75) is 43.9 Å². The Balaban J connectivity index is 1.28. The van der Waals surface area contributed by atoms with Crippen LogP contribution in [0.4, 0.5) is 0 Å². The molecular weight excluding hydrogens is 356 g/mol. The average molecular weight is 380 g/mol. The molecule has 0 spiro atoms. The van der Waals surface area contributed by atoms with Gasteiger partial charge in [-0.1, -0.05) is 24.0 Å². The molecule has 29 heavy (non-hydrogen) atoms. The number of carboxylic acid groups (broad SMARTS) is 1. The molecule has 0 radical (unpaired) electrons. The molecule has 4 saturated carbocycles. The molecule has 2 aromatic carbocycles. The van der Waals surface area contributed by atoms with E-state index in [-0.39, 0.29) is 5.56 Å². The molecule has 0 saturated heterocycles. The number of benzene rings is 2. The first kappa shape index (κ1) is 18.1. The Bertz CT molecular complexity index is 1020. The van der Waals surface area contributed by atoms with Crippen LogP contribution in [0.2, 0.25) is 0 Å². The zero-order valence-electron chi connectivity index (χ0n) is 16.4. The minimum Gasteiger partial charge on any atom is -0.478 e. The van der Waals surface area contributed by atoms with Crippen molar-refractivity contribution in [2.24, 2.45) is 17.8 Å². The molecule has 4 aliphatic rings. The van der Waals surface area contributed by atoms with Gasteiger partial charge in [0, 0.05) is 11.1 Å². The van der Waals surface area contributed by atoms with Crippen LogP contribution in [-0.2, 0) is 5.41 Å². The standard InChI is InChI=1S/C27H24O2/c28-26(29)24-9-5-19(6-10-24)3-1-2-4-20-7-11-25(12-8-20)27-16-21-13-22(17-27)15-23(14-21)18-27/h5-12,21-23H,13-18H2,(H,28,29). The SMILES string of the molecule is O=C(O)c1ccc(C#CC#Cc2ccc(C34CC5CC(CC(C5)C3)C4)cc2)cc1. The lowest BCUT2D eigenvalue weighted by molar-refractivity contribution is -0.00519. The van der Waals surface area contributed by atoms with E-state index in [1.807, 2.05) is 0 Å². The second kappa shape index (κ2) is 7.13. The minimum absolute atomic E-state index is 0.265. The summed E-state index contributed by atoms with van der Waals surface area (Å²) in [4.78, 5) is 10.9. The maximum absolute atomic E-state index is 10.9. The Kier molecular flexibility index (Phi) is 4.44. The van der Waals surface area contributed by atoms with Gasteiger partial charge in [-0.15, -0.1) is 0 Å². The van der Waals surface area contributed by atoms with E-state index in [9.17, 15) is 4.79 Å². The fourth-order valence-electron chi connectivity index (χ4n) is 6.27. The monoisotopic (exact) mass is 380 g/mol. The van der Waals surface area contributed by atoms with Gasteiger partial charge in [0.05, 0.1) is 5.56 Å². The van der Waals surface area contributed by atoms with E-state index in [1.54, 1.807) is 24.3 Å². The molecule has 2 aromatic rings. The number of aromatic carboxylic acids is 1. The molecule has 2 nitrogen and oxygen atoms in total. The summed E-state index contributed by atoms with van der Waals surface area (Å²) in [5.41, 5.74) is 3.98. The van der Waals surface area contributed by atoms with Crippen molar-refractivity contribution in [3.63, 3.8) is 0 Å². The topological polar surface area (TPSA) is 37.3 Å². The predicted octanol–water partition coefficient (Wildman–Crippen LogP) is 5.26. The normalized spacial score (nSPS) is 28.8. The molecule has 0 amide bonds.